The number of hydrogen-bond donors (Lipinski definition) is 1. The summed E-state index contributed by atoms with van der Waals surface area (Å²) in [5.41, 5.74) is 7.79. The fraction of sp³-hybridized carbons (Fsp3) is 0.400. The van der Waals surface area contributed by atoms with Gasteiger partial charge in [-0.2, -0.15) is 11.8 Å². The second-order valence-electron chi connectivity index (χ2n) is 5.19. The van der Waals surface area contributed by atoms with E-state index in [9.17, 15) is 0 Å². The summed E-state index contributed by atoms with van der Waals surface area (Å²) in [6, 6.07) is 8.50. The van der Waals surface area contributed by atoms with Crippen molar-refractivity contribution in [3.05, 3.63) is 42.2 Å². The first kappa shape index (κ1) is 12.0. The number of pyridine rings is 1. The standard InChI is InChI=1S/C15H18N2S/c1-15(7-3-9-18-15)14(16)12-5-2-4-11-6-8-17-10-13(11)12/h2,4-6,8,10,14H,3,7,9,16H2,1H3. The van der Waals surface area contributed by atoms with E-state index in [1.165, 1.54) is 34.9 Å². The van der Waals surface area contributed by atoms with Crippen LogP contribution in [0.3, 0.4) is 0 Å². The summed E-state index contributed by atoms with van der Waals surface area (Å²) < 4.78 is 0.171. The van der Waals surface area contributed by atoms with E-state index in [1.54, 1.807) is 0 Å². The second-order valence-corrected chi connectivity index (χ2v) is 6.82. The monoisotopic (exact) mass is 258 g/mol. The van der Waals surface area contributed by atoms with Gasteiger partial charge in [0.25, 0.3) is 0 Å². The Bertz CT molecular complexity index is 556. The number of aromatic nitrogens is 1. The molecule has 1 saturated heterocycles. The summed E-state index contributed by atoms with van der Waals surface area (Å²) in [7, 11) is 0. The fourth-order valence-electron chi connectivity index (χ4n) is 2.78. The van der Waals surface area contributed by atoms with Crippen molar-refractivity contribution in [1.82, 2.24) is 4.98 Å². The normalized spacial score (nSPS) is 25.4. The van der Waals surface area contributed by atoms with Gasteiger partial charge in [-0.3, -0.25) is 4.98 Å². The number of hydrogen-bond acceptors (Lipinski definition) is 3. The largest absolute Gasteiger partial charge is 0.323 e. The van der Waals surface area contributed by atoms with E-state index < -0.39 is 0 Å². The lowest BCUT2D eigenvalue weighted by molar-refractivity contribution is 0.504. The molecule has 0 radical (unpaired) electrons. The molecule has 1 fully saturated rings. The number of nitrogens with two attached hydrogens (primary N) is 1. The minimum Gasteiger partial charge on any atom is -0.323 e. The van der Waals surface area contributed by atoms with Gasteiger partial charge >= 0.3 is 0 Å². The molecule has 18 heavy (non-hydrogen) atoms. The molecular weight excluding hydrogens is 240 g/mol. The molecule has 2 atom stereocenters. The predicted molar refractivity (Wildman–Crippen MR) is 78.8 cm³/mol. The van der Waals surface area contributed by atoms with Crippen molar-refractivity contribution in [2.75, 3.05) is 5.75 Å². The number of thioether (sulfide) groups is 1. The first-order chi connectivity index (χ1) is 8.71. The average Bonchev–Trinajstić information content (AvgIpc) is 2.85. The van der Waals surface area contributed by atoms with Gasteiger partial charge in [-0.1, -0.05) is 18.2 Å². The summed E-state index contributed by atoms with van der Waals surface area (Å²) in [5.74, 6) is 1.23. The van der Waals surface area contributed by atoms with Crippen molar-refractivity contribution in [2.45, 2.75) is 30.6 Å². The first-order valence-electron chi connectivity index (χ1n) is 6.43. The van der Waals surface area contributed by atoms with Crippen molar-refractivity contribution in [3.63, 3.8) is 0 Å². The van der Waals surface area contributed by atoms with Crippen molar-refractivity contribution < 1.29 is 0 Å². The average molecular weight is 258 g/mol. The van der Waals surface area contributed by atoms with Crippen LogP contribution in [0.15, 0.2) is 36.7 Å². The molecule has 2 nitrogen and oxygen atoms in total. The molecule has 0 aliphatic carbocycles. The Balaban J connectivity index is 2.08. The number of benzene rings is 1. The van der Waals surface area contributed by atoms with Gasteiger partial charge in [0.2, 0.25) is 0 Å². The van der Waals surface area contributed by atoms with Crippen LogP contribution in [0.1, 0.15) is 31.4 Å². The first-order valence-corrected chi connectivity index (χ1v) is 7.41. The zero-order valence-corrected chi connectivity index (χ0v) is 11.4. The smallest absolute Gasteiger partial charge is 0.0448 e. The third-order valence-electron chi connectivity index (χ3n) is 3.96. The summed E-state index contributed by atoms with van der Waals surface area (Å²) in [6.07, 6.45) is 6.25. The molecule has 94 valence electrons. The number of nitrogens with zero attached hydrogens (tertiary/aromatic N) is 1. The maximum absolute atomic E-state index is 6.55. The van der Waals surface area contributed by atoms with Crippen molar-refractivity contribution in [1.29, 1.82) is 0 Å². The highest BCUT2D eigenvalue weighted by Gasteiger charge is 2.37. The Morgan fingerprint density at radius 2 is 2.28 bits per heavy atom. The SMILES string of the molecule is CC1(C(N)c2cccc3ccncc23)CCCS1. The molecule has 1 aromatic heterocycles. The molecule has 1 aliphatic rings. The molecule has 2 N–H and O–H groups in total. The molecule has 2 aromatic rings. The zero-order valence-electron chi connectivity index (χ0n) is 10.6. The van der Waals surface area contributed by atoms with Gasteiger partial charge in [-0.25, -0.2) is 0 Å². The maximum Gasteiger partial charge on any atom is 0.0448 e. The second kappa shape index (κ2) is 4.56. The van der Waals surface area contributed by atoms with E-state index in [1.807, 2.05) is 24.2 Å². The van der Waals surface area contributed by atoms with E-state index in [0.717, 1.165) is 0 Å². The Hall–Kier alpha value is -1.06. The molecule has 1 aromatic carbocycles. The molecule has 0 spiro atoms. The summed E-state index contributed by atoms with van der Waals surface area (Å²) >= 11 is 2.01. The highest BCUT2D eigenvalue weighted by atomic mass is 32.2. The molecule has 0 amide bonds. The van der Waals surface area contributed by atoms with Gasteiger partial charge in [-0.05, 0) is 42.5 Å². The molecular formula is C15H18N2S. The molecule has 0 saturated carbocycles. The van der Waals surface area contributed by atoms with Crippen LogP contribution >= 0.6 is 11.8 Å². The molecule has 0 bridgehead atoms. The van der Waals surface area contributed by atoms with Crippen molar-refractivity contribution >= 4 is 22.5 Å². The van der Waals surface area contributed by atoms with Gasteiger partial charge in [0.15, 0.2) is 0 Å². The highest BCUT2D eigenvalue weighted by Crippen LogP contribution is 2.46. The lowest BCUT2D eigenvalue weighted by Crippen LogP contribution is -2.33. The zero-order chi connectivity index (χ0) is 12.6. The molecule has 3 rings (SSSR count). The van der Waals surface area contributed by atoms with Crippen molar-refractivity contribution in [2.24, 2.45) is 5.73 Å². The molecule has 2 unspecified atom stereocenters. The van der Waals surface area contributed by atoms with Gasteiger partial charge < -0.3 is 5.73 Å². The van der Waals surface area contributed by atoms with E-state index in [2.05, 4.69) is 36.2 Å². The van der Waals surface area contributed by atoms with Crippen LogP contribution in [0.4, 0.5) is 0 Å². The molecule has 2 heterocycles. The lowest BCUT2D eigenvalue weighted by Gasteiger charge is -2.31. The Morgan fingerprint density at radius 1 is 1.39 bits per heavy atom. The third kappa shape index (κ3) is 1.91. The number of fused-ring (bicyclic) bond motifs is 1. The Morgan fingerprint density at radius 3 is 3.06 bits per heavy atom. The predicted octanol–water partition coefficient (Wildman–Crippen LogP) is 3.52. The van der Waals surface area contributed by atoms with Gasteiger partial charge in [0, 0.05) is 28.6 Å². The van der Waals surface area contributed by atoms with Crippen LogP contribution in [-0.4, -0.2) is 15.5 Å². The summed E-state index contributed by atoms with van der Waals surface area (Å²) in [5, 5.41) is 2.42. The van der Waals surface area contributed by atoms with Gasteiger partial charge in [-0.15, -0.1) is 0 Å². The topological polar surface area (TPSA) is 38.9 Å². The van der Waals surface area contributed by atoms with Gasteiger partial charge in [0.1, 0.15) is 0 Å². The number of rotatable bonds is 2. The van der Waals surface area contributed by atoms with Gasteiger partial charge in [0.05, 0.1) is 0 Å². The minimum atomic E-state index is 0.0814. The van der Waals surface area contributed by atoms with Crippen LogP contribution in [0, 0.1) is 0 Å². The van der Waals surface area contributed by atoms with Crippen molar-refractivity contribution in [3.8, 4) is 0 Å². The van der Waals surface area contributed by atoms with Crippen LogP contribution in [0.5, 0.6) is 0 Å². The van der Waals surface area contributed by atoms with Crippen LogP contribution < -0.4 is 5.73 Å². The Labute approximate surface area is 112 Å². The summed E-state index contributed by atoms with van der Waals surface area (Å²) in [6.45, 7) is 2.30. The third-order valence-corrected chi connectivity index (χ3v) is 5.57. The van der Waals surface area contributed by atoms with Crippen LogP contribution in [0.25, 0.3) is 10.8 Å². The highest BCUT2D eigenvalue weighted by molar-refractivity contribution is 8.00. The maximum atomic E-state index is 6.55. The summed E-state index contributed by atoms with van der Waals surface area (Å²) in [4.78, 5) is 4.24. The van der Waals surface area contributed by atoms with Crippen LogP contribution in [-0.2, 0) is 0 Å². The van der Waals surface area contributed by atoms with E-state index >= 15 is 0 Å². The van der Waals surface area contributed by atoms with E-state index in [-0.39, 0.29) is 10.8 Å². The molecule has 3 heteroatoms. The van der Waals surface area contributed by atoms with E-state index in [0.29, 0.717) is 0 Å². The minimum absolute atomic E-state index is 0.0814. The Kier molecular flexibility index (Phi) is 3.04. The van der Waals surface area contributed by atoms with E-state index in [4.69, 9.17) is 5.73 Å². The molecule has 1 aliphatic heterocycles. The van der Waals surface area contributed by atoms with Crippen LogP contribution in [0.2, 0.25) is 0 Å². The fourth-order valence-corrected chi connectivity index (χ4v) is 4.13. The lowest BCUT2D eigenvalue weighted by atomic mass is 9.89. The quantitative estimate of drug-likeness (QED) is 0.895.